The minimum atomic E-state index is -0.692. The molecule has 1 aliphatic rings. The van der Waals surface area contributed by atoms with Crippen LogP contribution < -0.4 is 0 Å². The molecule has 0 saturated carbocycles. The average Bonchev–Trinajstić information content (AvgIpc) is 2.68. The van der Waals surface area contributed by atoms with Gasteiger partial charge in [0.2, 0.25) is 0 Å². The number of nitrogens with zero attached hydrogens (tertiary/aromatic N) is 1. The molecule has 1 aromatic rings. The molecule has 3 heteroatoms. The number of carboxylic acids is 1. The highest BCUT2D eigenvalue weighted by atomic mass is 16.4. The molecule has 3 nitrogen and oxygen atoms in total. The van der Waals surface area contributed by atoms with Gasteiger partial charge in [-0.15, -0.1) is 0 Å². The van der Waals surface area contributed by atoms with Crippen LogP contribution in [0.2, 0.25) is 0 Å². The van der Waals surface area contributed by atoms with Crippen LogP contribution in [-0.2, 0) is 4.79 Å². The maximum absolute atomic E-state index is 11.6. The molecule has 2 rings (SSSR count). The molecule has 1 saturated heterocycles. The number of hydrogen-bond donors (Lipinski definition) is 1. The highest BCUT2D eigenvalue weighted by Crippen LogP contribution is 2.33. The third-order valence-electron chi connectivity index (χ3n) is 3.93. The fraction of sp³-hybridized carbons (Fsp3) is 0.533. The standard InChI is InChI=1S/C15H21NO2/c1-10-4-5-13(11(2)8-10)14(15(17)18)12-6-7-16(3)9-12/h4-5,8,12,14H,6-7,9H2,1-3H3,(H,17,18). The molecule has 0 bridgehead atoms. The predicted octanol–water partition coefficient (Wildman–Crippen LogP) is 2.42. The van der Waals surface area contributed by atoms with E-state index < -0.39 is 5.97 Å². The molecule has 2 atom stereocenters. The van der Waals surface area contributed by atoms with Crippen LogP contribution in [0.4, 0.5) is 0 Å². The Labute approximate surface area is 108 Å². The molecular weight excluding hydrogens is 226 g/mol. The van der Waals surface area contributed by atoms with Gasteiger partial charge in [0.1, 0.15) is 0 Å². The van der Waals surface area contributed by atoms with Crippen molar-refractivity contribution >= 4 is 5.97 Å². The molecule has 1 aliphatic heterocycles. The van der Waals surface area contributed by atoms with Crippen molar-refractivity contribution in [1.82, 2.24) is 4.90 Å². The van der Waals surface area contributed by atoms with E-state index in [2.05, 4.69) is 18.0 Å². The van der Waals surface area contributed by atoms with E-state index in [0.717, 1.165) is 30.6 Å². The van der Waals surface area contributed by atoms with Gasteiger partial charge in [0.15, 0.2) is 0 Å². The van der Waals surface area contributed by atoms with E-state index in [1.54, 1.807) is 0 Å². The van der Waals surface area contributed by atoms with Crippen LogP contribution in [0.5, 0.6) is 0 Å². The van der Waals surface area contributed by atoms with Crippen LogP contribution in [0.1, 0.15) is 29.0 Å². The van der Waals surface area contributed by atoms with Gasteiger partial charge in [-0.1, -0.05) is 23.8 Å². The number of hydrogen-bond acceptors (Lipinski definition) is 2. The number of carboxylic acid groups (broad SMARTS) is 1. The summed E-state index contributed by atoms with van der Waals surface area (Å²) in [5, 5.41) is 9.55. The lowest BCUT2D eigenvalue weighted by Gasteiger charge is -2.22. The van der Waals surface area contributed by atoms with Crippen LogP contribution in [-0.4, -0.2) is 36.1 Å². The molecule has 0 radical (unpaired) electrons. The third kappa shape index (κ3) is 2.56. The second-order valence-electron chi connectivity index (χ2n) is 5.49. The normalized spacial score (nSPS) is 22.1. The van der Waals surface area contributed by atoms with E-state index in [1.807, 2.05) is 26.0 Å². The molecular formula is C15H21NO2. The first kappa shape index (κ1) is 13.1. The van der Waals surface area contributed by atoms with Crippen LogP contribution in [0.15, 0.2) is 18.2 Å². The summed E-state index contributed by atoms with van der Waals surface area (Å²) in [5.74, 6) is -0.827. The van der Waals surface area contributed by atoms with Crippen LogP contribution >= 0.6 is 0 Å². The van der Waals surface area contributed by atoms with Gasteiger partial charge in [-0.25, -0.2) is 0 Å². The van der Waals surface area contributed by atoms with E-state index in [0.29, 0.717) is 0 Å². The molecule has 1 fully saturated rings. The Bertz CT molecular complexity index is 456. The molecule has 98 valence electrons. The second-order valence-corrected chi connectivity index (χ2v) is 5.49. The summed E-state index contributed by atoms with van der Waals surface area (Å²) in [6.45, 7) is 5.93. The quantitative estimate of drug-likeness (QED) is 0.891. The molecule has 0 amide bonds. The Morgan fingerprint density at radius 2 is 2.17 bits per heavy atom. The minimum Gasteiger partial charge on any atom is -0.481 e. The Kier molecular flexibility index (Phi) is 3.71. The van der Waals surface area contributed by atoms with Crippen molar-refractivity contribution in [2.75, 3.05) is 20.1 Å². The minimum absolute atomic E-state index is 0.230. The van der Waals surface area contributed by atoms with Crippen molar-refractivity contribution in [2.24, 2.45) is 5.92 Å². The summed E-state index contributed by atoms with van der Waals surface area (Å²) in [6.07, 6.45) is 0.973. The zero-order chi connectivity index (χ0) is 13.3. The first-order valence-electron chi connectivity index (χ1n) is 6.47. The monoisotopic (exact) mass is 247 g/mol. The zero-order valence-electron chi connectivity index (χ0n) is 11.3. The number of rotatable bonds is 3. The molecule has 1 aromatic carbocycles. The maximum atomic E-state index is 11.6. The first-order valence-corrected chi connectivity index (χ1v) is 6.47. The van der Waals surface area contributed by atoms with Crippen molar-refractivity contribution in [2.45, 2.75) is 26.2 Å². The largest absolute Gasteiger partial charge is 0.481 e. The van der Waals surface area contributed by atoms with Gasteiger partial charge >= 0.3 is 5.97 Å². The van der Waals surface area contributed by atoms with E-state index >= 15 is 0 Å². The highest BCUT2D eigenvalue weighted by molar-refractivity contribution is 5.77. The topological polar surface area (TPSA) is 40.5 Å². The fourth-order valence-corrected chi connectivity index (χ4v) is 3.00. The molecule has 2 unspecified atom stereocenters. The third-order valence-corrected chi connectivity index (χ3v) is 3.93. The SMILES string of the molecule is Cc1ccc(C(C(=O)O)C2CCN(C)C2)c(C)c1. The molecule has 1 N–H and O–H groups in total. The Hall–Kier alpha value is -1.35. The van der Waals surface area contributed by atoms with Crippen molar-refractivity contribution < 1.29 is 9.90 Å². The highest BCUT2D eigenvalue weighted by Gasteiger charge is 2.34. The van der Waals surface area contributed by atoms with Gasteiger partial charge in [-0.3, -0.25) is 4.79 Å². The zero-order valence-corrected chi connectivity index (χ0v) is 11.3. The molecule has 1 heterocycles. The van der Waals surface area contributed by atoms with Crippen molar-refractivity contribution in [3.63, 3.8) is 0 Å². The van der Waals surface area contributed by atoms with Gasteiger partial charge in [0.25, 0.3) is 0 Å². The first-order chi connectivity index (χ1) is 8.49. The Morgan fingerprint density at radius 1 is 1.44 bits per heavy atom. The van der Waals surface area contributed by atoms with Gasteiger partial charge in [0.05, 0.1) is 5.92 Å². The lowest BCUT2D eigenvalue weighted by Crippen LogP contribution is -2.25. The summed E-state index contributed by atoms with van der Waals surface area (Å²) >= 11 is 0. The second kappa shape index (κ2) is 5.11. The predicted molar refractivity (Wildman–Crippen MR) is 71.9 cm³/mol. The van der Waals surface area contributed by atoms with Crippen molar-refractivity contribution in [1.29, 1.82) is 0 Å². The lowest BCUT2D eigenvalue weighted by atomic mass is 9.83. The van der Waals surface area contributed by atoms with E-state index in [4.69, 9.17) is 0 Å². The lowest BCUT2D eigenvalue weighted by molar-refractivity contribution is -0.140. The Morgan fingerprint density at radius 3 is 2.67 bits per heavy atom. The summed E-state index contributed by atoms with van der Waals surface area (Å²) in [4.78, 5) is 13.8. The maximum Gasteiger partial charge on any atom is 0.311 e. The van der Waals surface area contributed by atoms with Crippen molar-refractivity contribution in [3.8, 4) is 0 Å². The summed E-state index contributed by atoms with van der Waals surface area (Å²) < 4.78 is 0. The number of carbonyl (C=O) groups is 1. The van der Waals surface area contributed by atoms with E-state index in [-0.39, 0.29) is 11.8 Å². The summed E-state index contributed by atoms with van der Waals surface area (Å²) in [5.41, 5.74) is 3.26. The number of benzene rings is 1. The van der Waals surface area contributed by atoms with E-state index in [9.17, 15) is 9.90 Å². The van der Waals surface area contributed by atoms with Gasteiger partial charge in [-0.05, 0) is 50.9 Å². The molecule has 0 spiro atoms. The Balaban J connectivity index is 2.33. The van der Waals surface area contributed by atoms with Crippen molar-refractivity contribution in [3.05, 3.63) is 34.9 Å². The van der Waals surface area contributed by atoms with Crippen LogP contribution in [0, 0.1) is 19.8 Å². The average molecular weight is 247 g/mol. The molecule has 0 aliphatic carbocycles. The van der Waals surface area contributed by atoms with Crippen LogP contribution in [0.25, 0.3) is 0 Å². The summed E-state index contributed by atoms with van der Waals surface area (Å²) in [6, 6.07) is 6.07. The molecule has 0 aromatic heterocycles. The number of aryl methyl sites for hydroxylation is 2. The molecule has 18 heavy (non-hydrogen) atoms. The summed E-state index contributed by atoms with van der Waals surface area (Å²) in [7, 11) is 2.06. The van der Waals surface area contributed by atoms with Gasteiger partial charge in [0, 0.05) is 6.54 Å². The number of likely N-dealkylation sites (tertiary alicyclic amines) is 1. The van der Waals surface area contributed by atoms with E-state index in [1.165, 1.54) is 5.56 Å². The fourth-order valence-electron chi connectivity index (χ4n) is 3.00. The smallest absolute Gasteiger partial charge is 0.311 e. The van der Waals surface area contributed by atoms with Gasteiger partial charge in [-0.2, -0.15) is 0 Å². The number of aliphatic carboxylic acids is 1. The van der Waals surface area contributed by atoms with Crippen LogP contribution in [0.3, 0.4) is 0 Å². The van der Waals surface area contributed by atoms with Gasteiger partial charge < -0.3 is 10.0 Å².